The van der Waals surface area contributed by atoms with Gasteiger partial charge in [-0.1, -0.05) is 12.1 Å². The van der Waals surface area contributed by atoms with E-state index in [0.29, 0.717) is 42.0 Å². The van der Waals surface area contributed by atoms with E-state index in [2.05, 4.69) is 20.6 Å². The monoisotopic (exact) mass is 431 g/mol. The van der Waals surface area contributed by atoms with Crippen molar-refractivity contribution in [1.82, 2.24) is 20.6 Å². The second-order valence-corrected chi connectivity index (χ2v) is 7.48. The maximum atomic E-state index is 12.6. The molecule has 0 bridgehead atoms. The molecule has 3 amide bonds. The minimum absolute atomic E-state index is 0.224. The van der Waals surface area contributed by atoms with E-state index >= 15 is 0 Å². The molecule has 4 rings (SSSR count). The quantitative estimate of drug-likeness (QED) is 0.499. The van der Waals surface area contributed by atoms with Gasteiger partial charge in [-0.15, -0.1) is 0 Å². The Kier molecular flexibility index (Phi) is 5.80. The van der Waals surface area contributed by atoms with Crippen LogP contribution in [-0.4, -0.2) is 33.2 Å². The summed E-state index contributed by atoms with van der Waals surface area (Å²) in [5, 5.41) is 5.66. The Balaban J connectivity index is 1.29. The lowest BCUT2D eigenvalue weighted by molar-refractivity contribution is -0.124. The van der Waals surface area contributed by atoms with Crippen LogP contribution in [0.25, 0.3) is 0 Å². The summed E-state index contributed by atoms with van der Waals surface area (Å²) >= 11 is 0. The molecule has 9 heteroatoms. The first-order chi connectivity index (χ1) is 15.4. The van der Waals surface area contributed by atoms with E-state index < -0.39 is 11.4 Å². The van der Waals surface area contributed by atoms with Crippen LogP contribution in [0.4, 0.5) is 0 Å². The van der Waals surface area contributed by atoms with E-state index in [0.717, 1.165) is 5.56 Å². The van der Waals surface area contributed by atoms with Gasteiger partial charge in [-0.05, 0) is 54.8 Å². The van der Waals surface area contributed by atoms with E-state index in [1.54, 1.807) is 36.4 Å². The van der Waals surface area contributed by atoms with Gasteiger partial charge in [-0.2, -0.15) is 0 Å². The summed E-state index contributed by atoms with van der Waals surface area (Å²) < 4.78 is 5.75. The molecule has 3 aromatic rings. The Morgan fingerprint density at radius 2 is 1.50 bits per heavy atom. The van der Waals surface area contributed by atoms with Crippen molar-refractivity contribution in [2.45, 2.75) is 24.9 Å². The molecule has 1 aromatic heterocycles. The highest BCUT2D eigenvalue weighted by Crippen LogP contribution is 2.36. The summed E-state index contributed by atoms with van der Waals surface area (Å²) in [6.07, 6.45) is 5.32. The molecule has 0 unspecified atom stereocenters. The largest absolute Gasteiger partial charge is 0.457 e. The van der Waals surface area contributed by atoms with Crippen LogP contribution < -0.4 is 21.1 Å². The van der Waals surface area contributed by atoms with Gasteiger partial charge in [0.15, 0.2) is 0 Å². The van der Waals surface area contributed by atoms with Crippen LogP contribution in [0.5, 0.6) is 11.5 Å². The molecule has 0 radical (unpaired) electrons. The Morgan fingerprint density at radius 1 is 0.906 bits per heavy atom. The molecule has 0 aliphatic heterocycles. The van der Waals surface area contributed by atoms with Crippen LogP contribution in [0.15, 0.2) is 67.3 Å². The zero-order valence-electron chi connectivity index (χ0n) is 17.1. The second kappa shape index (κ2) is 8.84. The van der Waals surface area contributed by atoms with Crippen LogP contribution in [-0.2, 0) is 11.3 Å². The van der Waals surface area contributed by atoms with Crippen molar-refractivity contribution in [3.05, 3.63) is 83.9 Å². The first kappa shape index (κ1) is 21.0. The van der Waals surface area contributed by atoms with Crippen molar-refractivity contribution in [2.75, 3.05) is 0 Å². The molecule has 0 saturated heterocycles. The number of aromatic nitrogens is 2. The Labute approximate surface area is 184 Å². The Morgan fingerprint density at radius 3 is 2.06 bits per heavy atom. The number of nitrogens with two attached hydrogens (primary N) is 1. The molecule has 1 fully saturated rings. The summed E-state index contributed by atoms with van der Waals surface area (Å²) in [6, 6.07) is 13.8. The lowest BCUT2D eigenvalue weighted by Gasteiger charge is -2.17. The number of hydrogen-bond acceptors (Lipinski definition) is 6. The first-order valence-corrected chi connectivity index (χ1v) is 9.98. The predicted octanol–water partition coefficient (Wildman–Crippen LogP) is 1.95. The van der Waals surface area contributed by atoms with E-state index in [1.165, 1.54) is 18.7 Å². The van der Waals surface area contributed by atoms with Gasteiger partial charge < -0.3 is 21.1 Å². The first-order valence-electron chi connectivity index (χ1n) is 9.98. The van der Waals surface area contributed by atoms with Crippen LogP contribution in [0.1, 0.15) is 39.1 Å². The van der Waals surface area contributed by atoms with Gasteiger partial charge in [0.05, 0.1) is 5.56 Å². The Bertz CT molecular complexity index is 1130. The van der Waals surface area contributed by atoms with Gasteiger partial charge in [0.25, 0.3) is 5.91 Å². The standard InChI is InChI=1S/C23H21N5O4/c24-20(29)16-3-7-19(8-4-16)32-18-5-1-15(2-6-18)11-27-22(31)23(9-10-23)28-21(30)17-12-25-14-26-13-17/h1-8,12-14H,9-11H2,(H2,24,29)(H,27,31)(H,28,30). The van der Waals surface area contributed by atoms with Crippen molar-refractivity contribution >= 4 is 17.7 Å². The highest BCUT2D eigenvalue weighted by atomic mass is 16.5. The van der Waals surface area contributed by atoms with E-state index in [4.69, 9.17) is 10.5 Å². The fourth-order valence-corrected chi connectivity index (χ4v) is 3.09. The average Bonchev–Trinajstić information content (AvgIpc) is 3.60. The van der Waals surface area contributed by atoms with Crippen LogP contribution in [0, 0.1) is 0 Å². The number of hydrogen-bond donors (Lipinski definition) is 3. The number of rotatable bonds is 8. The van der Waals surface area contributed by atoms with Gasteiger partial charge in [-0.25, -0.2) is 9.97 Å². The fraction of sp³-hybridized carbons (Fsp3) is 0.174. The molecule has 1 saturated carbocycles. The smallest absolute Gasteiger partial charge is 0.255 e. The van der Waals surface area contributed by atoms with Gasteiger partial charge in [-0.3, -0.25) is 14.4 Å². The van der Waals surface area contributed by atoms with Crippen molar-refractivity contribution in [3.63, 3.8) is 0 Å². The number of benzene rings is 2. The summed E-state index contributed by atoms with van der Waals surface area (Å²) in [4.78, 5) is 43.7. The average molecular weight is 431 g/mol. The van der Waals surface area contributed by atoms with Crippen molar-refractivity contribution < 1.29 is 19.1 Å². The number of carbonyl (C=O) groups excluding carboxylic acids is 3. The topological polar surface area (TPSA) is 136 Å². The SMILES string of the molecule is NC(=O)c1ccc(Oc2ccc(CNC(=O)C3(NC(=O)c4cncnc4)CC3)cc2)cc1. The highest BCUT2D eigenvalue weighted by Gasteiger charge is 2.51. The fourth-order valence-electron chi connectivity index (χ4n) is 3.09. The number of amides is 3. The third-order valence-electron chi connectivity index (χ3n) is 5.11. The third kappa shape index (κ3) is 4.89. The molecular formula is C23H21N5O4. The zero-order chi connectivity index (χ0) is 22.6. The summed E-state index contributed by atoms with van der Waals surface area (Å²) in [7, 11) is 0. The number of nitrogens with one attached hydrogen (secondary N) is 2. The predicted molar refractivity (Wildman–Crippen MR) is 115 cm³/mol. The normalized spacial score (nSPS) is 13.6. The molecule has 162 valence electrons. The minimum atomic E-state index is -0.882. The molecule has 4 N–H and O–H groups in total. The number of carbonyl (C=O) groups is 3. The van der Waals surface area contributed by atoms with Crippen LogP contribution in [0.2, 0.25) is 0 Å². The molecule has 9 nitrogen and oxygen atoms in total. The van der Waals surface area contributed by atoms with E-state index in [1.807, 2.05) is 12.1 Å². The molecule has 1 aliphatic rings. The van der Waals surface area contributed by atoms with Gasteiger partial charge in [0, 0.05) is 24.5 Å². The molecule has 0 spiro atoms. The molecule has 0 atom stereocenters. The molecule has 1 aliphatic carbocycles. The van der Waals surface area contributed by atoms with Gasteiger partial charge in [0.2, 0.25) is 11.8 Å². The van der Waals surface area contributed by atoms with Crippen molar-refractivity contribution in [3.8, 4) is 11.5 Å². The maximum Gasteiger partial charge on any atom is 0.255 e. The lowest BCUT2D eigenvalue weighted by atomic mass is 10.2. The lowest BCUT2D eigenvalue weighted by Crippen LogP contribution is -2.48. The molecule has 1 heterocycles. The van der Waals surface area contributed by atoms with Gasteiger partial charge >= 0.3 is 0 Å². The zero-order valence-corrected chi connectivity index (χ0v) is 17.1. The van der Waals surface area contributed by atoms with Crippen molar-refractivity contribution in [1.29, 1.82) is 0 Å². The summed E-state index contributed by atoms with van der Waals surface area (Å²) in [6.45, 7) is 0.318. The van der Waals surface area contributed by atoms with Crippen LogP contribution in [0.3, 0.4) is 0 Å². The molecular weight excluding hydrogens is 410 g/mol. The highest BCUT2D eigenvalue weighted by molar-refractivity contribution is 6.00. The van der Waals surface area contributed by atoms with Gasteiger partial charge in [0.1, 0.15) is 23.4 Å². The molecule has 2 aromatic carbocycles. The van der Waals surface area contributed by atoms with Crippen molar-refractivity contribution in [2.24, 2.45) is 5.73 Å². The number of ether oxygens (including phenoxy) is 1. The van der Waals surface area contributed by atoms with E-state index in [-0.39, 0.29) is 11.8 Å². The molecule has 32 heavy (non-hydrogen) atoms. The summed E-state index contributed by atoms with van der Waals surface area (Å²) in [5.41, 5.74) is 5.95. The number of primary amides is 1. The van der Waals surface area contributed by atoms with Crippen LogP contribution >= 0.6 is 0 Å². The third-order valence-corrected chi connectivity index (χ3v) is 5.11. The second-order valence-electron chi connectivity index (χ2n) is 7.48. The Hall–Kier alpha value is -4.27. The number of nitrogens with zero attached hydrogens (tertiary/aromatic N) is 2. The van der Waals surface area contributed by atoms with E-state index in [9.17, 15) is 14.4 Å². The summed E-state index contributed by atoms with van der Waals surface area (Å²) in [5.74, 6) is 0.0972. The maximum absolute atomic E-state index is 12.6. The minimum Gasteiger partial charge on any atom is -0.457 e.